The van der Waals surface area contributed by atoms with Gasteiger partial charge in [-0.05, 0) is 48.5 Å². The Balaban J connectivity index is 2.02. The highest BCUT2D eigenvalue weighted by Crippen LogP contribution is 2.19. The maximum Gasteiger partial charge on any atom is 0.488 e. The molecular weight excluding hydrogens is 339 g/mol. The number of halogens is 1. The molecule has 0 aromatic heterocycles. The lowest BCUT2D eigenvalue weighted by atomic mass is 10.2. The first kappa shape index (κ1) is 17.4. The van der Waals surface area contributed by atoms with E-state index in [1.165, 1.54) is 43.3 Å². The molecule has 2 rings (SSSR count). The third-order valence-corrected chi connectivity index (χ3v) is 3.17. The fourth-order valence-electron chi connectivity index (χ4n) is 1.82. The largest absolute Gasteiger partial charge is 0.488 e. The Morgan fingerprint density at radius 1 is 0.917 bits per heavy atom. The minimum Gasteiger partial charge on any atom is -0.358 e. The van der Waals surface area contributed by atoms with Gasteiger partial charge in [-0.1, -0.05) is 3.89 Å². The van der Waals surface area contributed by atoms with Crippen LogP contribution in [0.1, 0.15) is 17.3 Å². The van der Waals surface area contributed by atoms with Crippen LogP contribution >= 0.6 is 0 Å². The number of anilines is 2. The van der Waals surface area contributed by atoms with Gasteiger partial charge in [-0.15, -0.1) is 0 Å². The highest BCUT2D eigenvalue weighted by Gasteiger charge is 2.10. The van der Waals surface area contributed by atoms with Gasteiger partial charge in [-0.25, -0.2) is 0 Å². The first-order chi connectivity index (χ1) is 11.2. The first-order valence-electron chi connectivity index (χ1n) is 6.66. The van der Waals surface area contributed by atoms with E-state index < -0.39 is 16.4 Å². The molecule has 0 aliphatic heterocycles. The highest BCUT2D eigenvalue weighted by atomic mass is 32.3. The molecule has 0 radical (unpaired) electrons. The molecule has 0 saturated heterocycles. The van der Waals surface area contributed by atoms with Crippen LogP contribution in [0.2, 0.25) is 0 Å². The Morgan fingerprint density at radius 3 is 1.92 bits per heavy atom. The minimum atomic E-state index is -5.09. The van der Waals surface area contributed by atoms with Crippen LogP contribution in [0.25, 0.3) is 0 Å². The van der Waals surface area contributed by atoms with E-state index in [0.717, 1.165) is 0 Å². The van der Waals surface area contributed by atoms with Crippen molar-refractivity contribution in [2.45, 2.75) is 6.92 Å². The fourth-order valence-corrected chi connectivity index (χ4v) is 2.16. The lowest BCUT2D eigenvalue weighted by molar-refractivity contribution is -0.114. The molecule has 0 bridgehead atoms. The standard InChI is InChI=1S/C15H13FN2O5S/c1-10(19)17-12-4-2-11(3-5-12)15(20)18-13-6-8-14(9-7-13)23-24(16,21)22/h2-9H,1H3,(H,17,19)(H,18,20). The molecule has 7 nitrogen and oxygen atoms in total. The molecule has 9 heteroatoms. The van der Waals surface area contributed by atoms with Gasteiger partial charge in [0.2, 0.25) is 5.91 Å². The van der Waals surface area contributed by atoms with Crippen molar-refractivity contribution < 1.29 is 26.1 Å². The van der Waals surface area contributed by atoms with Gasteiger partial charge in [0.05, 0.1) is 0 Å². The lowest BCUT2D eigenvalue weighted by Crippen LogP contribution is -2.12. The number of amides is 2. The third kappa shape index (κ3) is 5.36. The maximum atomic E-state index is 12.4. The average Bonchev–Trinajstić information content (AvgIpc) is 2.48. The summed E-state index contributed by atoms with van der Waals surface area (Å²) in [4.78, 5) is 23.0. The van der Waals surface area contributed by atoms with Crippen LogP contribution in [0.15, 0.2) is 48.5 Å². The van der Waals surface area contributed by atoms with Gasteiger partial charge in [-0.2, -0.15) is 8.42 Å². The van der Waals surface area contributed by atoms with E-state index in [4.69, 9.17) is 0 Å². The number of benzene rings is 2. The number of nitrogens with one attached hydrogen (secondary N) is 2. The van der Waals surface area contributed by atoms with Crippen LogP contribution in [0.5, 0.6) is 5.75 Å². The second kappa shape index (κ2) is 7.09. The van der Waals surface area contributed by atoms with Gasteiger partial charge in [0, 0.05) is 23.9 Å². The minimum absolute atomic E-state index is 0.213. The van der Waals surface area contributed by atoms with Gasteiger partial charge < -0.3 is 14.8 Å². The number of rotatable bonds is 5. The first-order valence-corrected chi connectivity index (χ1v) is 7.97. The van der Waals surface area contributed by atoms with Crippen molar-refractivity contribution >= 4 is 33.7 Å². The van der Waals surface area contributed by atoms with E-state index in [1.807, 2.05) is 0 Å². The molecule has 0 fully saturated rings. The van der Waals surface area contributed by atoms with Crippen LogP contribution in [-0.2, 0) is 15.3 Å². The van der Waals surface area contributed by atoms with Crippen molar-refractivity contribution in [3.8, 4) is 5.75 Å². The molecule has 0 saturated carbocycles. The maximum absolute atomic E-state index is 12.4. The quantitative estimate of drug-likeness (QED) is 0.805. The smallest absolute Gasteiger partial charge is 0.358 e. The normalized spacial score (nSPS) is 10.8. The summed E-state index contributed by atoms with van der Waals surface area (Å²) in [6.07, 6.45) is 0. The van der Waals surface area contributed by atoms with Crippen molar-refractivity contribution in [1.29, 1.82) is 0 Å². The predicted octanol–water partition coefficient (Wildman–Crippen LogP) is 2.49. The molecule has 24 heavy (non-hydrogen) atoms. The van der Waals surface area contributed by atoms with Crippen molar-refractivity contribution in [2.75, 3.05) is 10.6 Å². The monoisotopic (exact) mass is 352 g/mol. The summed E-state index contributed by atoms with van der Waals surface area (Å²) in [6.45, 7) is 1.38. The van der Waals surface area contributed by atoms with E-state index in [0.29, 0.717) is 16.9 Å². The van der Waals surface area contributed by atoms with Crippen LogP contribution in [0, 0.1) is 0 Å². The van der Waals surface area contributed by atoms with Crippen molar-refractivity contribution in [2.24, 2.45) is 0 Å². The Hall–Kier alpha value is -2.94. The Labute approximate surface area is 137 Å². The topological polar surface area (TPSA) is 102 Å². The second-order valence-electron chi connectivity index (χ2n) is 4.71. The lowest BCUT2D eigenvalue weighted by Gasteiger charge is -2.07. The van der Waals surface area contributed by atoms with Crippen molar-refractivity contribution in [1.82, 2.24) is 0 Å². The molecular formula is C15H13FN2O5S. The molecule has 2 aromatic carbocycles. The number of carbonyl (C=O) groups excluding carboxylic acids is 2. The Kier molecular flexibility index (Phi) is 5.14. The fraction of sp³-hybridized carbons (Fsp3) is 0.0667. The number of hydrogen-bond donors (Lipinski definition) is 2. The summed E-state index contributed by atoms with van der Waals surface area (Å²) in [5, 5.41) is 5.16. The van der Waals surface area contributed by atoms with Gasteiger partial charge >= 0.3 is 10.5 Å². The molecule has 0 aliphatic carbocycles. The van der Waals surface area contributed by atoms with E-state index in [-0.39, 0.29) is 11.7 Å². The molecule has 126 valence electrons. The van der Waals surface area contributed by atoms with Gasteiger partial charge in [0.25, 0.3) is 5.91 Å². The van der Waals surface area contributed by atoms with E-state index in [9.17, 15) is 21.9 Å². The zero-order valence-corrected chi connectivity index (χ0v) is 13.3. The summed E-state index contributed by atoms with van der Waals surface area (Å²) in [6, 6.07) is 11.4. The van der Waals surface area contributed by atoms with Gasteiger partial charge in [-0.3, -0.25) is 9.59 Å². The van der Waals surface area contributed by atoms with Crippen LogP contribution in [0.3, 0.4) is 0 Å². The molecule has 2 aromatic rings. The van der Waals surface area contributed by atoms with Crippen LogP contribution in [0.4, 0.5) is 15.3 Å². The number of carbonyl (C=O) groups is 2. The van der Waals surface area contributed by atoms with Gasteiger partial charge in [0.1, 0.15) is 5.75 Å². The second-order valence-corrected chi connectivity index (χ2v) is 5.67. The molecule has 0 atom stereocenters. The zero-order valence-electron chi connectivity index (χ0n) is 12.4. The Bertz CT molecular complexity index is 848. The summed E-state index contributed by atoms with van der Waals surface area (Å²) < 4.78 is 37.1. The third-order valence-electron chi connectivity index (χ3n) is 2.78. The summed E-state index contributed by atoms with van der Waals surface area (Å²) >= 11 is 0. The summed E-state index contributed by atoms with van der Waals surface area (Å²) in [7, 11) is -5.09. The van der Waals surface area contributed by atoms with E-state index in [2.05, 4.69) is 14.8 Å². The molecule has 0 spiro atoms. The van der Waals surface area contributed by atoms with E-state index >= 15 is 0 Å². The van der Waals surface area contributed by atoms with Crippen LogP contribution < -0.4 is 14.8 Å². The predicted molar refractivity (Wildman–Crippen MR) is 85.8 cm³/mol. The molecule has 0 aliphatic rings. The van der Waals surface area contributed by atoms with Crippen LogP contribution in [-0.4, -0.2) is 20.2 Å². The average molecular weight is 352 g/mol. The van der Waals surface area contributed by atoms with Gasteiger partial charge in [0.15, 0.2) is 0 Å². The molecule has 0 heterocycles. The molecule has 2 amide bonds. The Morgan fingerprint density at radius 2 is 1.42 bits per heavy atom. The van der Waals surface area contributed by atoms with Crippen molar-refractivity contribution in [3.05, 3.63) is 54.1 Å². The molecule has 0 unspecified atom stereocenters. The van der Waals surface area contributed by atoms with Crippen molar-refractivity contribution in [3.63, 3.8) is 0 Å². The SMILES string of the molecule is CC(=O)Nc1ccc(C(=O)Nc2ccc(OS(=O)(=O)F)cc2)cc1. The summed E-state index contributed by atoms with van der Waals surface area (Å²) in [5.41, 5.74) is 1.29. The highest BCUT2D eigenvalue weighted by molar-refractivity contribution is 7.81. The molecule has 2 N–H and O–H groups in total. The zero-order chi connectivity index (χ0) is 17.7. The number of hydrogen-bond acceptors (Lipinski definition) is 5. The summed E-state index contributed by atoms with van der Waals surface area (Å²) in [5.74, 6) is -0.837. The van der Waals surface area contributed by atoms with E-state index in [1.54, 1.807) is 12.1 Å².